The van der Waals surface area contributed by atoms with E-state index in [0.717, 1.165) is 94.8 Å². The summed E-state index contributed by atoms with van der Waals surface area (Å²) in [6, 6.07) is 6.27. The van der Waals surface area contributed by atoms with Gasteiger partial charge in [0.2, 0.25) is 26.0 Å². The molecule has 0 bridgehead atoms. The van der Waals surface area contributed by atoms with E-state index >= 15 is 0 Å². The molecule has 6 aliphatic heterocycles. The molecule has 0 aliphatic carbocycles. The molecule has 2 N–H and O–H groups in total. The van der Waals surface area contributed by atoms with Crippen LogP contribution in [-0.4, -0.2) is 192 Å². The number of aryl methyl sites for hydroxylation is 4. The minimum atomic E-state index is -3.73. The quantitative estimate of drug-likeness (QED) is 0.126. The van der Waals surface area contributed by atoms with Gasteiger partial charge in [-0.05, 0) is 152 Å². The van der Waals surface area contributed by atoms with Crippen molar-refractivity contribution in [2.24, 2.45) is 0 Å². The fourth-order valence-corrected chi connectivity index (χ4v) is 16.3. The lowest BCUT2D eigenvalue weighted by Gasteiger charge is -2.35. The topological polar surface area (TPSA) is 249 Å². The molecule has 2 unspecified atom stereocenters. The zero-order chi connectivity index (χ0) is 59.7. The number of carboxylic acid groups (broad SMARTS) is 1. The number of benzene rings is 2. The van der Waals surface area contributed by atoms with Crippen LogP contribution in [0, 0.1) is 27.7 Å². The van der Waals surface area contributed by atoms with E-state index in [1.807, 2.05) is 0 Å². The number of piperidine rings is 4. The lowest BCUT2D eigenvalue weighted by Crippen LogP contribution is -2.47. The Hall–Kier alpha value is -4.68. The molecule has 0 spiro atoms. The molecule has 8 heterocycles. The monoisotopic (exact) mass is 1250 g/mol. The number of nitrogens with zero attached hydrogens (tertiary/aromatic N) is 11. The van der Waals surface area contributed by atoms with Gasteiger partial charge in [0, 0.05) is 73.7 Å². The van der Waals surface area contributed by atoms with Crippen LogP contribution < -0.4 is 14.8 Å². The van der Waals surface area contributed by atoms with Crippen LogP contribution in [0.1, 0.15) is 130 Å². The Morgan fingerprint density at radius 1 is 0.583 bits per heavy atom. The first-order valence-corrected chi connectivity index (χ1v) is 33.3. The lowest BCUT2D eigenvalue weighted by atomic mass is 10.1. The molecule has 0 saturated carbocycles. The van der Waals surface area contributed by atoms with Gasteiger partial charge in [-0.15, -0.1) is 20.4 Å². The van der Waals surface area contributed by atoms with Crippen LogP contribution in [0.3, 0.4) is 0 Å². The first-order valence-electron chi connectivity index (χ1n) is 29.1. The van der Waals surface area contributed by atoms with E-state index in [9.17, 15) is 26.4 Å². The maximum Gasteiger partial charge on any atom is 0.329 e. The third-order valence-electron chi connectivity index (χ3n) is 16.2. The number of methoxy groups -OCH3 is 2. The van der Waals surface area contributed by atoms with Gasteiger partial charge < -0.3 is 43.4 Å². The largest absolute Gasteiger partial charge is 0.497 e. The molecule has 4 saturated heterocycles. The number of likely N-dealkylation sites (tertiary alicyclic amines) is 2. The Morgan fingerprint density at radius 2 is 1.01 bits per heavy atom. The summed E-state index contributed by atoms with van der Waals surface area (Å²) in [7, 11) is -4.31. The number of sulfonamides is 2. The molecule has 23 nitrogen and oxygen atoms in total. The summed E-state index contributed by atoms with van der Waals surface area (Å²) in [5, 5.41) is 29.4. The molecule has 2 aromatic carbocycles. The predicted molar refractivity (Wildman–Crippen MR) is 324 cm³/mol. The summed E-state index contributed by atoms with van der Waals surface area (Å²) in [6.45, 7) is 18.7. The maximum absolute atomic E-state index is 13.8. The van der Waals surface area contributed by atoms with Crippen molar-refractivity contribution in [1.29, 1.82) is 0 Å². The minimum Gasteiger partial charge on any atom is -0.497 e. The Morgan fingerprint density at radius 3 is 1.46 bits per heavy atom. The van der Waals surface area contributed by atoms with Gasteiger partial charge in [0.05, 0.1) is 63.4 Å². The number of carbonyl (C=O) groups excluding carboxylic acids is 1. The molecule has 468 valence electrons. The standard InChI is InChI=1S/C28H42N6O5S.C17H25NO6S.C11H19N5.CH4.S2/c1-21-15-24(38-3)16-22(2)28(21)40(36,37)34-12-8-5-9-23(34)19-39-20-27(35)32-13-14-33-25(29-30-26(33)18-32)17-31-10-6-4-7-11-31;1-12-8-15(23-3)9-13(2)17(12)25(21,22)18-7-5-4-6-14(18)10-24-11-16(19)20;1-2-5-15(6-3-1)9-11-14-13-10-8-12-4-7-16(10)11;;1-2/h15-16,23H,4-14,17-20H2,1-3H3;8-9,14H,4-7,10-11H2,1-3H3,(H,19,20);12H,1-9H2;1H4;. The van der Waals surface area contributed by atoms with Gasteiger partial charge in [0.25, 0.3) is 0 Å². The number of ether oxygens (including phenoxy) is 4. The first-order chi connectivity index (χ1) is 40.0. The number of carboxylic acids is 1. The van der Waals surface area contributed by atoms with E-state index in [4.69, 9.17) is 24.1 Å². The van der Waals surface area contributed by atoms with E-state index in [0.29, 0.717) is 89.1 Å². The van der Waals surface area contributed by atoms with E-state index in [1.54, 1.807) is 75.4 Å². The summed E-state index contributed by atoms with van der Waals surface area (Å²) in [5.41, 5.74) is 2.59. The van der Waals surface area contributed by atoms with Crippen LogP contribution in [0.2, 0.25) is 0 Å². The Balaban J connectivity index is 0.000000218. The molecule has 4 aromatic rings. The van der Waals surface area contributed by atoms with E-state index in [-0.39, 0.29) is 45.2 Å². The number of hydrogen-bond acceptors (Lipinski definition) is 19. The number of carbonyl (C=O) groups is 2. The van der Waals surface area contributed by atoms with Crippen LogP contribution in [0.15, 0.2) is 34.1 Å². The maximum atomic E-state index is 13.8. The van der Waals surface area contributed by atoms with Crippen molar-refractivity contribution < 1.29 is 50.5 Å². The van der Waals surface area contributed by atoms with Gasteiger partial charge in [0.1, 0.15) is 42.2 Å². The van der Waals surface area contributed by atoms with Gasteiger partial charge in [0.15, 0.2) is 5.82 Å². The predicted octanol–water partition coefficient (Wildman–Crippen LogP) is 5.45. The second kappa shape index (κ2) is 32.9. The molecule has 84 heavy (non-hydrogen) atoms. The highest BCUT2D eigenvalue weighted by atomic mass is 32.8. The van der Waals surface area contributed by atoms with Crippen LogP contribution in [0.5, 0.6) is 11.5 Å². The van der Waals surface area contributed by atoms with Crippen molar-refractivity contribution in [3.63, 3.8) is 0 Å². The van der Waals surface area contributed by atoms with Crippen molar-refractivity contribution >= 4 is 54.3 Å². The van der Waals surface area contributed by atoms with E-state index < -0.39 is 32.6 Å². The Bertz CT molecular complexity index is 2960. The number of fused-ring (bicyclic) bond motifs is 2. The SMILES string of the molecule is C.C1CCN(Cc2nnc3n2CCNC3)CC1.COc1cc(C)c(S(=O)(=O)N2CCCCC2COCC(=O)N2CCn3c(CN4CCCCC4)nnc3C2)c(C)c1.COc1cc(C)c(S(=O)(=O)N2CCCCC2COCC(=O)O)c(C)c1.S=S. The lowest BCUT2D eigenvalue weighted by molar-refractivity contribution is -0.142. The highest BCUT2D eigenvalue weighted by Gasteiger charge is 2.38. The van der Waals surface area contributed by atoms with Gasteiger partial charge >= 0.3 is 5.97 Å². The van der Waals surface area contributed by atoms with Crippen LogP contribution in [0.4, 0.5) is 0 Å². The zero-order valence-electron chi connectivity index (χ0n) is 49.3. The van der Waals surface area contributed by atoms with Crippen molar-refractivity contribution in [2.45, 2.75) is 173 Å². The summed E-state index contributed by atoms with van der Waals surface area (Å²) in [4.78, 5) is 30.9. The van der Waals surface area contributed by atoms with Gasteiger partial charge in [-0.2, -0.15) is 8.61 Å². The molecule has 1 amide bonds. The number of amides is 1. The molecule has 2 atom stereocenters. The Labute approximate surface area is 507 Å². The highest BCUT2D eigenvalue weighted by molar-refractivity contribution is 8.07. The zero-order valence-corrected chi connectivity index (χ0v) is 52.5. The second-order valence-corrected chi connectivity index (χ2v) is 25.8. The number of aliphatic carboxylic acids is 1. The molecule has 4 fully saturated rings. The van der Waals surface area contributed by atoms with E-state index in [2.05, 4.69) is 67.0 Å². The molecule has 6 aliphatic rings. The summed E-state index contributed by atoms with van der Waals surface area (Å²) >= 11 is 7.33. The molecule has 0 radical (unpaired) electrons. The highest BCUT2D eigenvalue weighted by Crippen LogP contribution is 2.34. The van der Waals surface area contributed by atoms with Crippen LogP contribution in [-0.2, 0) is 101 Å². The van der Waals surface area contributed by atoms with Crippen molar-refractivity contribution in [3.05, 3.63) is 69.8 Å². The molecular formula is C57H90N12O11S4. The minimum absolute atomic E-state index is 0. The molecular weight excluding hydrogens is 1160 g/mol. The average Bonchev–Trinajstić information content (AvgIpc) is 4.23. The smallest absolute Gasteiger partial charge is 0.329 e. The molecule has 27 heteroatoms. The normalized spacial score (nSPS) is 19.8. The Kier molecular flexibility index (Phi) is 26.8. The van der Waals surface area contributed by atoms with Gasteiger partial charge in [-0.25, -0.2) is 21.6 Å². The number of nitrogens with one attached hydrogen (secondary N) is 1. The first kappa shape index (κ1) is 68.4. The summed E-state index contributed by atoms with van der Waals surface area (Å²) < 4.78 is 83.0. The number of hydrogen-bond donors (Lipinski definition) is 2. The number of aromatic nitrogens is 6. The molecule has 2 aromatic heterocycles. The van der Waals surface area contributed by atoms with Crippen molar-refractivity contribution in [2.75, 3.05) is 93.0 Å². The van der Waals surface area contributed by atoms with Crippen LogP contribution in [0.25, 0.3) is 0 Å². The fraction of sp³-hybridized carbons (Fsp3) is 0.684. The average molecular weight is 1250 g/mol. The van der Waals surface area contributed by atoms with E-state index in [1.165, 1.54) is 55.9 Å². The third kappa shape index (κ3) is 17.7. The van der Waals surface area contributed by atoms with Gasteiger partial charge in [-0.1, -0.05) is 33.1 Å². The fourth-order valence-electron chi connectivity index (χ4n) is 12.1. The van der Waals surface area contributed by atoms with Crippen molar-refractivity contribution in [1.82, 2.24) is 58.2 Å². The third-order valence-corrected chi connectivity index (χ3v) is 20.7. The van der Waals surface area contributed by atoms with Crippen molar-refractivity contribution in [3.8, 4) is 11.5 Å². The second-order valence-electron chi connectivity index (χ2n) is 22.2. The number of rotatable bonds is 18. The van der Waals surface area contributed by atoms with Gasteiger partial charge in [-0.3, -0.25) is 14.6 Å². The summed E-state index contributed by atoms with van der Waals surface area (Å²) in [5.74, 6) is 4.11. The van der Waals surface area contributed by atoms with Crippen LogP contribution >= 0.6 is 0 Å². The molecule has 10 rings (SSSR count). The summed E-state index contributed by atoms with van der Waals surface area (Å²) in [6.07, 6.45) is 12.6.